The molecule has 104 valence electrons. The molecule has 0 aliphatic carbocycles. The molecular formula is C13H14N4O2S. The van der Waals surface area contributed by atoms with Crippen LogP contribution in [0.15, 0.2) is 47.2 Å². The Bertz CT molecular complexity index is 584. The second-order valence-corrected chi connectivity index (χ2v) is 4.89. The molecule has 0 radical (unpaired) electrons. The van der Waals surface area contributed by atoms with E-state index in [1.165, 1.54) is 17.5 Å². The van der Waals surface area contributed by atoms with Crippen molar-refractivity contribution in [3.8, 4) is 0 Å². The maximum absolute atomic E-state index is 12.5. The van der Waals surface area contributed by atoms with Gasteiger partial charge in [0.2, 0.25) is 0 Å². The van der Waals surface area contributed by atoms with Crippen molar-refractivity contribution >= 4 is 28.8 Å². The molecule has 0 spiro atoms. The molecule has 0 saturated carbocycles. The zero-order valence-corrected chi connectivity index (χ0v) is 11.5. The third kappa shape index (κ3) is 3.33. The van der Waals surface area contributed by atoms with Gasteiger partial charge in [-0.15, -0.1) is 11.3 Å². The van der Waals surface area contributed by atoms with E-state index in [4.69, 9.17) is 10.9 Å². The third-order valence-electron chi connectivity index (χ3n) is 2.68. The number of hydrogen-bond donors (Lipinski definition) is 2. The Morgan fingerprint density at radius 2 is 2.15 bits per heavy atom. The molecule has 6 nitrogen and oxygen atoms in total. The molecule has 0 atom stereocenters. The van der Waals surface area contributed by atoms with E-state index in [-0.39, 0.29) is 18.2 Å². The molecular weight excluding hydrogens is 276 g/mol. The second-order valence-electron chi connectivity index (χ2n) is 4.00. The van der Waals surface area contributed by atoms with Gasteiger partial charge in [-0.25, -0.2) is 0 Å². The molecule has 1 amide bonds. The number of oxime groups is 1. The smallest absolute Gasteiger partial charge is 0.269 e. The monoisotopic (exact) mass is 290 g/mol. The summed E-state index contributed by atoms with van der Waals surface area (Å²) in [6.45, 7) is 0.330. The number of anilines is 1. The van der Waals surface area contributed by atoms with Crippen molar-refractivity contribution < 1.29 is 10.0 Å². The molecule has 7 heteroatoms. The fourth-order valence-electron chi connectivity index (χ4n) is 1.69. The molecule has 1 aromatic heterocycles. The van der Waals surface area contributed by atoms with E-state index < -0.39 is 0 Å². The third-order valence-corrected chi connectivity index (χ3v) is 3.44. The first-order chi connectivity index (χ1) is 9.72. The predicted octanol–water partition coefficient (Wildman–Crippen LogP) is 1.93. The van der Waals surface area contributed by atoms with Crippen LogP contribution in [0.3, 0.4) is 0 Å². The van der Waals surface area contributed by atoms with Crippen molar-refractivity contribution in [3.63, 3.8) is 0 Å². The highest BCUT2D eigenvalue weighted by Crippen LogP contribution is 2.18. The summed E-state index contributed by atoms with van der Waals surface area (Å²) < 4.78 is 0. The van der Waals surface area contributed by atoms with E-state index in [0.717, 1.165) is 5.69 Å². The Morgan fingerprint density at radius 3 is 2.75 bits per heavy atom. The lowest BCUT2D eigenvalue weighted by Crippen LogP contribution is -2.33. The number of amidine groups is 1. The Morgan fingerprint density at radius 1 is 1.40 bits per heavy atom. The highest BCUT2D eigenvalue weighted by molar-refractivity contribution is 7.11. The fourth-order valence-corrected chi connectivity index (χ4v) is 2.25. The van der Waals surface area contributed by atoms with Gasteiger partial charge in [0.15, 0.2) is 0 Å². The van der Waals surface area contributed by atoms with Crippen LogP contribution in [-0.2, 0) is 0 Å². The van der Waals surface area contributed by atoms with E-state index in [1.807, 2.05) is 30.3 Å². The maximum atomic E-state index is 12.5. The summed E-state index contributed by atoms with van der Waals surface area (Å²) in [7, 11) is 0. The van der Waals surface area contributed by atoms with Crippen LogP contribution < -0.4 is 10.6 Å². The second kappa shape index (κ2) is 6.67. The highest BCUT2D eigenvalue weighted by atomic mass is 32.1. The normalized spacial score (nSPS) is 11.3. The van der Waals surface area contributed by atoms with E-state index in [0.29, 0.717) is 11.4 Å². The lowest BCUT2D eigenvalue weighted by atomic mass is 10.2. The predicted molar refractivity (Wildman–Crippen MR) is 78.3 cm³/mol. The Kier molecular flexibility index (Phi) is 4.67. The SMILES string of the molecule is N/C(CCN(C(=O)c1cncs1)c1ccccc1)=N/O. The minimum absolute atomic E-state index is 0.0861. The summed E-state index contributed by atoms with van der Waals surface area (Å²) in [6.07, 6.45) is 1.82. The first-order valence-electron chi connectivity index (χ1n) is 5.94. The molecule has 0 aliphatic heterocycles. The van der Waals surface area contributed by atoms with E-state index >= 15 is 0 Å². The molecule has 0 fully saturated rings. The number of para-hydroxylation sites is 1. The zero-order chi connectivity index (χ0) is 14.4. The van der Waals surface area contributed by atoms with Crippen LogP contribution in [0.1, 0.15) is 16.1 Å². The summed E-state index contributed by atoms with van der Waals surface area (Å²) in [5, 5.41) is 11.5. The van der Waals surface area contributed by atoms with Crippen LogP contribution in [0.4, 0.5) is 5.69 Å². The molecule has 0 saturated heterocycles. The number of carbonyl (C=O) groups excluding carboxylic acids is 1. The molecule has 1 aromatic carbocycles. The van der Waals surface area contributed by atoms with Crippen LogP contribution in [0.5, 0.6) is 0 Å². The number of carbonyl (C=O) groups is 1. The molecule has 0 unspecified atom stereocenters. The van der Waals surface area contributed by atoms with Crippen molar-refractivity contribution in [2.45, 2.75) is 6.42 Å². The molecule has 2 aromatic rings. The number of thiazole rings is 1. The van der Waals surface area contributed by atoms with Crippen molar-refractivity contribution in [1.82, 2.24) is 4.98 Å². The van der Waals surface area contributed by atoms with Gasteiger partial charge < -0.3 is 15.8 Å². The average Bonchev–Trinajstić information content (AvgIpc) is 3.02. The summed E-state index contributed by atoms with van der Waals surface area (Å²) in [4.78, 5) is 18.5. The lowest BCUT2D eigenvalue weighted by Gasteiger charge is -2.21. The number of nitrogens with zero attached hydrogens (tertiary/aromatic N) is 3. The fraction of sp³-hybridized carbons (Fsp3) is 0.154. The molecule has 0 aliphatic rings. The number of rotatable bonds is 5. The van der Waals surface area contributed by atoms with Crippen LogP contribution in [0.2, 0.25) is 0 Å². The summed E-state index contributed by atoms with van der Waals surface area (Å²) in [6, 6.07) is 9.26. The van der Waals surface area contributed by atoms with Crippen molar-refractivity contribution in [2.24, 2.45) is 10.9 Å². The maximum Gasteiger partial charge on any atom is 0.269 e. The summed E-state index contributed by atoms with van der Waals surface area (Å²) in [5.74, 6) is -0.0625. The molecule has 20 heavy (non-hydrogen) atoms. The highest BCUT2D eigenvalue weighted by Gasteiger charge is 2.19. The van der Waals surface area contributed by atoms with Crippen molar-refractivity contribution in [2.75, 3.05) is 11.4 Å². The first kappa shape index (κ1) is 14.0. The Labute approximate surface area is 120 Å². The molecule has 3 N–H and O–H groups in total. The van der Waals surface area contributed by atoms with Crippen LogP contribution in [-0.4, -0.2) is 28.5 Å². The van der Waals surface area contributed by atoms with Gasteiger partial charge in [0.1, 0.15) is 10.7 Å². The van der Waals surface area contributed by atoms with Gasteiger partial charge in [-0.3, -0.25) is 9.78 Å². The van der Waals surface area contributed by atoms with Crippen LogP contribution in [0, 0.1) is 0 Å². The minimum atomic E-state index is -0.149. The molecule has 2 rings (SSSR count). The Hall–Kier alpha value is -2.41. The average molecular weight is 290 g/mol. The van der Waals surface area contributed by atoms with Gasteiger partial charge >= 0.3 is 0 Å². The quantitative estimate of drug-likeness (QED) is 0.381. The summed E-state index contributed by atoms with van der Waals surface area (Å²) >= 11 is 1.28. The standard InChI is InChI=1S/C13H14N4O2S/c14-12(16-19)6-7-17(10-4-2-1-3-5-10)13(18)11-8-15-9-20-11/h1-5,8-9,19H,6-7H2,(H2,14,16). The summed E-state index contributed by atoms with van der Waals surface area (Å²) in [5.41, 5.74) is 7.84. The number of nitrogens with two attached hydrogens (primary N) is 1. The van der Waals surface area contributed by atoms with E-state index in [2.05, 4.69) is 10.1 Å². The van der Waals surface area contributed by atoms with Gasteiger partial charge in [0, 0.05) is 18.7 Å². The van der Waals surface area contributed by atoms with Crippen LogP contribution >= 0.6 is 11.3 Å². The van der Waals surface area contributed by atoms with E-state index in [1.54, 1.807) is 10.4 Å². The number of aromatic nitrogens is 1. The largest absolute Gasteiger partial charge is 0.409 e. The number of hydrogen-bond acceptors (Lipinski definition) is 5. The van der Waals surface area contributed by atoms with Crippen molar-refractivity contribution in [1.29, 1.82) is 0 Å². The molecule has 0 bridgehead atoms. The van der Waals surface area contributed by atoms with Crippen LogP contribution in [0.25, 0.3) is 0 Å². The molecule has 1 heterocycles. The zero-order valence-electron chi connectivity index (χ0n) is 10.6. The number of amides is 1. The van der Waals surface area contributed by atoms with Gasteiger partial charge in [-0.2, -0.15) is 0 Å². The Balaban J connectivity index is 2.22. The lowest BCUT2D eigenvalue weighted by molar-refractivity contribution is 0.0991. The first-order valence-corrected chi connectivity index (χ1v) is 6.82. The van der Waals surface area contributed by atoms with Gasteiger partial charge in [-0.05, 0) is 12.1 Å². The number of benzene rings is 1. The topological polar surface area (TPSA) is 91.8 Å². The van der Waals surface area contributed by atoms with Gasteiger partial charge in [0.25, 0.3) is 5.91 Å². The van der Waals surface area contributed by atoms with Gasteiger partial charge in [0.05, 0.1) is 11.7 Å². The van der Waals surface area contributed by atoms with Gasteiger partial charge in [-0.1, -0.05) is 23.4 Å². The van der Waals surface area contributed by atoms with Crippen molar-refractivity contribution in [3.05, 3.63) is 46.9 Å². The minimum Gasteiger partial charge on any atom is -0.409 e. The van der Waals surface area contributed by atoms with E-state index in [9.17, 15) is 4.79 Å².